The monoisotopic (exact) mass is 365 g/mol. The van der Waals surface area contributed by atoms with Crippen LogP contribution in [0.4, 0.5) is 0 Å². The van der Waals surface area contributed by atoms with Gasteiger partial charge in [0.05, 0.1) is 0 Å². The lowest BCUT2D eigenvalue weighted by Gasteiger charge is -2.12. The summed E-state index contributed by atoms with van der Waals surface area (Å²) in [5, 5.41) is 6.89. The van der Waals surface area contributed by atoms with Crippen molar-refractivity contribution in [2.75, 3.05) is 0 Å². The predicted octanol–water partition coefficient (Wildman–Crippen LogP) is 2.93. The molecule has 0 radical (unpaired) electrons. The first-order valence-corrected chi connectivity index (χ1v) is 9.06. The van der Waals surface area contributed by atoms with Crippen molar-refractivity contribution in [2.45, 2.75) is 38.8 Å². The summed E-state index contributed by atoms with van der Waals surface area (Å²) in [6.45, 7) is 0.958. The van der Waals surface area contributed by atoms with Crippen molar-refractivity contribution >= 4 is 17.5 Å². The Morgan fingerprint density at radius 2 is 1.89 bits per heavy atom. The first kappa shape index (κ1) is 18.6. The molecule has 0 aromatic heterocycles. The highest BCUT2D eigenvalue weighted by molar-refractivity contribution is 5.94. The Labute approximate surface area is 158 Å². The number of nitrogens with one attached hydrogen (secondary N) is 2. The zero-order chi connectivity index (χ0) is 18.9. The summed E-state index contributed by atoms with van der Waals surface area (Å²) in [5.41, 5.74) is 5.40. The molecule has 0 fully saturated rings. The lowest BCUT2D eigenvalue weighted by molar-refractivity contribution is -0.121. The Morgan fingerprint density at radius 3 is 2.67 bits per heavy atom. The van der Waals surface area contributed by atoms with E-state index < -0.39 is 0 Å². The van der Waals surface area contributed by atoms with Gasteiger partial charge in [-0.3, -0.25) is 9.59 Å². The zero-order valence-corrected chi connectivity index (χ0v) is 15.1. The van der Waals surface area contributed by atoms with Crippen molar-refractivity contribution in [2.24, 2.45) is 5.10 Å². The van der Waals surface area contributed by atoms with E-state index in [9.17, 15) is 9.59 Å². The van der Waals surface area contributed by atoms with Crippen LogP contribution in [0.5, 0.6) is 5.75 Å². The molecule has 0 unspecified atom stereocenters. The first-order valence-electron chi connectivity index (χ1n) is 9.06. The summed E-state index contributed by atoms with van der Waals surface area (Å²) in [5.74, 6) is 0.667. The van der Waals surface area contributed by atoms with E-state index >= 15 is 0 Å². The summed E-state index contributed by atoms with van der Waals surface area (Å²) in [7, 11) is 0. The van der Waals surface area contributed by atoms with Gasteiger partial charge in [-0.25, -0.2) is 5.43 Å². The second kappa shape index (κ2) is 9.52. The van der Waals surface area contributed by atoms with E-state index in [1.54, 1.807) is 0 Å². The number of amides is 2. The molecule has 1 aliphatic heterocycles. The fourth-order valence-corrected chi connectivity index (χ4v) is 2.72. The predicted molar refractivity (Wildman–Crippen MR) is 103 cm³/mol. The number of hydrogen-bond donors (Lipinski definition) is 2. The van der Waals surface area contributed by atoms with Gasteiger partial charge in [-0.15, -0.1) is 0 Å². The number of carbonyl (C=O) groups is 2. The van der Waals surface area contributed by atoms with Crippen LogP contribution in [0, 0.1) is 0 Å². The minimum atomic E-state index is -0.0717. The lowest BCUT2D eigenvalue weighted by Crippen LogP contribution is -2.27. The van der Waals surface area contributed by atoms with Crippen molar-refractivity contribution < 1.29 is 14.3 Å². The van der Waals surface area contributed by atoms with Gasteiger partial charge in [0, 0.05) is 25.1 Å². The molecule has 6 heteroatoms. The Balaban J connectivity index is 1.42. The summed E-state index contributed by atoms with van der Waals surface area (Å²) < 4.78 is 5.81. The van der Waals surface area contributed by atoms with Crippen LogP contribution in [0.1, 0.15) is 36.8 Å². The van der Waals surface area contributed by atoms with Crippen LogP contribution >= 0.6 is 0 Å². The van der Waals surface area contributed by atoms with Crippen molar-refractivity contribution in [3.8, 4) is 5.75 Å². The number of hydrazone groups is 1. The Kier molecular flexibility index (Phi) is 6.57. The molecule has 2 aromatic carbocycles. The van der Waals surface area contributed by atoms with Crippen LogP contribution in [0.3, 0.4) is 0 Å². The highest BCUT2D eigenvalue weighted by atomic mass is 16.5. The standard InChI is InChI=1S/C21H23N3O3/c25-20(11-9-18-10-12-21(26)24-23-18)22-14-17-7-4-8-19(13-17)27-15-16-5-2-1-3-6-16/h1-8,13H,9-12,14-15H2,(H,22,25)(H,24,26). The number of hydrogen-bond acceptors (Lipinski definition) is 4. The average molecular weight is 365 g/mol. The van der Waals surface area contributed by atoms with E-state index in [1.165, 1.54) is 0 Å². The van der Waals surface area contributed by atoms with Crippen LogP contribution in [-0.2, 0) is 22.7 Å². The van der Waals surface area contributed by atoms with Gasteiger partial charge >= 0.3 is 0 Å². The maximum absolute atomic E-state index is 12.0. The quantitative estimate of drug-likeness (QED) is 0.755. The summed E-state index contributed by atoms with van der Waals surface area (Å²) >= 11 is 0. The average Bonchev–Trinajstić information content (AvgIpc) is 2.71. The molecule has 140 valence electrons. The smallest absolute Gasteiger partial charge is 0.240 e. The van der Waals surface area contributed by atoms with Gasteiger partial charge in [0.1, 0.15) is 12.4 Å². The fourth-order valence-electron chi connectivity index (χ4n) is 2.72. The summed E-state index contributed by atoms with van der Waals surface area (Å²) in [4.78, 5) is 23.1. The molecule has 1 heterocycles. The van der Waals surface area contributed by atoms with Crippen molar-refractivity contribution in [1.82, 2.24) is 10.7 Å². The number of ether oxygens (including phenoxy) is 1. The largest absolute Gasteiger partial charge is 0.489 e. The molecule has 3 rings (SSSR count). The lowest BCUT2D eigenvalue weighted by atomic mass is 10.1. The highest BCUT2D eigenvalue weighted by Gasteiger charge is 2.12. The third-order valence-corrected chi connectivity index (χ3v) is 4.26. The SMILES string of the molecule is O=C(CCC1=NNC(=O)CC1)NCc1cccc(OCc2ccccc2)c1. The first-order chi connectivity index (χ1) is 13.2. The van der Waals surface area contributed by atoms with Crippen LogP contribution in [-0.4, -0.2) is 17.5 Å². The second-order valence-electron chi connectivity index (χ2n) is 6.41. The van der Waals surface area contributed by atoms with Gasteiger partial charge in [0.15, 0.2) is 0 Å². The number of rotatable bonds is 8. The van der Waals surface area contributed by atoms with Crippen LogP contribution in [0.2, 0.25) is 0 Å². The molecule has 0 atom stereocenters. The van der Waals surface area contributed by atoms with E-state index in [0.717, 1.165) is 22.6 Å². The van der Waals surface area contributed by atoms with E-state index in [-0.39, 0.29) is 11.8 Å². The number of benzene rings is 2. The van der Waals surface area contributed by atoms with E-state index in [2.05, 4.69) is 15.8 Å². The Morgan fingerprint density at radius 1 is 1.07 bits per heavy atom. The van der Waals surface area contributed by atoms with Crippen LogP contribution in [0.15, 0.2) is 59.7 Å². The third kappa shape index (κ3) is 6.26. The van der Waals surface area contributed by atoms with Crippen molar-refractivity contribution in [1.29, 1.82) is 0 Å². The third-order valence-electron chi connectivity index (χ3n) is 4.26. The molecule has 0 spiro atoms. The molecular weight excluding hydrogens is 342 g/mol. The molecule has 0 aliphatic carbocycles. The van der Waals surface area contributed by atoms with Crippen LogP contribution < -0.4 is 15.5 Å². The number of carbonyl (C=O) groups excluding carboxylic acids is 2. The molecule has 0 saturated heterocycles. The van der Waals surface area contributed by atoms with E-state index in [0.29, 0.717) is 38.8 Å². The molecule has 6 nitrogen and oxygen atoms in total. The van der Waals surface area contributed by atoms with E-state index in [1.807, 2.05) is 54.6 Å². The minimum Gasteiger partial charge on any atom is -0.489 e. The molecular formula is C21H23N3O3. The summed E-state index contributed by atoms with van der Waals surface area (Å²) in [6.07, 6.45) is 1.99. The van der Waals surface area contributed by atoms with Crippen molar-refractivity contribution in [3.05, 3.63) is 65.7 Å². The minimum absolute atomic E-state index is 0.0368. The van der Waals surface area contributed by atoms with Gasteiger partial charge in [-0.1, -0.05) is 42.5 Å². The van der Waals surface area contributed by atoms with Crippen LogP contribution in [0.25, 0.3) is 0 Å². The normalized spacial score (nSPS) is 13.5. The highest BCUT2D eigenvalue weighted by Crippen LogP contribution is 2.15. The maximum atomic E-state index is 12.0. The molecule has 1 aliphatic rings. The van der Waals surface area contributed by atoms with Gasteiger partial charge in [-0.2, -0.15) is 5.10 Å². The molecule has 2 aromatic rings. The maximum Gasteiger partial charge on any atom is 0.240 e. The van der Waals surface area contributed by atoms with Crippen molar-refractivity contribution in [3.63, 3.8) is 0 Å². The zero-order valence-electron chi connectivity index (χ0n) is 15.1. The summed E-state index contributed by atoms with van der Waals surface area (Å²) in [6, 6.07) is 17.7. The van der Waals surface area contributed by atoms with Gasteiger partial charge in [0.25, 0.3) is 0 Å². The molecule has 27 heavy (non-hydrogen) atoms. The topological polar surface area (TPSA) is 79.8 Å². The van der Waals surface area contributed by atoms with Gasteiger partial charge in [0.2, 0.25) is 11.8 Å². The van der Waals surface area contributed by atoms with Gasteiger partial charge in [-0.05, 0) is 36.1 Å². The number of nitrogens with zero attached hydrogens (tertiary/aromatic N) is 1. The Bertz CT molecular complexity index is 818. The fraction of sp³-hybridized carbons (Fsp3) is 0.286. The molecule has 2 N–H and O–H groups in total. The second-order valence-corrected chi connectivity index (χ2v) is 6.41. The molecule has 0 bridgehead atoms. The van der Waals surface area contributed by atoms with Gasteiger partial charge < -0.3 is 10.1 Å². The Hall–Kier alpha value is -3.15. The van der Waals surface area contributed by atoms with E-state index in [4.69, 9.17) is 4.74 Å². The molecule has 2 amide bonds. The molecule has 0 saturated carbocycles.